The summed E-state index contributed by atoms with van der Waals surface area (Å²) in [7, 11) is 0. The number of aromatic nitrogens is 3. The van der Waals surface area contributed by atoms with Gasteiger partial charge in [-0.25, -0.2) is 24.4 Å². The first-order valence-electron chi connectivity index (χ1n) is 9.36. The lowest BCUT2D eigenvalue weighted by molar-refractivity contribution is -0.841. The Morgan fingerprint density at radius 2 is 1.97 bits per heavy atom. The average Bonchev–Trinajstić information content (AvgIpc) is 3.42. The van der Waals surface area contributed by atoms with Crippen LogP contribution in [0.3, 0.4) is 0 Å². The molecule has 2 aromatic carbocycles. The maximum Gasteiger partial charge on any atom is 0.495 e. The first-order chi connectivity index (χ1) is 16.1. The lowest BCUT2D eigenvalue weighted by atomic mass is 10.2. The summed E-state index contributed by atoms with van der Waals surface area (Å²) in [5.74, 6) is -2.39. The van der Waals surface area contributed by atoms with Crippen molar-refractivity contribution in [3.8, 4) is 11.5 Å². The molecule has 0 radical (unpaired) electrons. The van der Waals surface area contributed by atoms with Gasteiger partial charge in [0, 0.05) is 33.7 Å². The molecule has 0 aliphatic carbocycles. The van der Waals surface area contributed by atoms with Crippen LogP contribution in [0.4, 0.5) is 23.7 Å². The Bertz CT molecular complexity index is 1380. The van der Waals surface area contributed by atoms with E-state index in [4.69, 9.17) is 23.2 Å². The SMILES string of the molecule is O=C(NCc1cc(Cl)ccc1Cl)Nc1ccc2[nH]c(-c3cscn3)[n+](OC(=O)C(F)(F)F)c2c1. The van der Waals surface area contributed by atoms with E-state index in [9.17, 15) is 22.8 Å². The molecule has 3 N–H and O–H groups in total. The molecule has 0 fully saturated rings. The fraction of sp³-hybridized carbons (Fsp3) is 0.100. The van der Waals surface area contributed by atoms with Gasteiger partial charge in [-0.3, -0.25) is 0 Å². The molecule has 2 amide bonds. The molecule has 8 nitrogen and oxygen atoms in total. The average molecular weight is 531 g/mol. The van der Waals surface area contributed by atoms with Gasteiger partial charge in [-0.05, 0) is 40.6 Å². The second-order valence-electron chi connectivity index (χ2n) is 6.79. The summed E-state index contributed by atoms with van der Waals surface area (Å²) in [6, 6.07) is 8.58. The van der Waals surface area contributed by atoms with Crippen LogP contribution in [-0.4, -0.2) is 28.1 Å². The predicted molar refractivity (Wildman–Crippen MR) is 120 cm³/mol. The number of imidazole rings is 1. The van der Waals surface area contributed by atoms with Crippen LogP contribution in [0, 0.1) is 0 Å². The summed E-state index contributed by atoms with van der Waals surface area (Å²) < 4.78 is 39.2. The van der Waals surface area contributed by atoms with Crippen molar-refractivity contribution in [1.29, 1.82) is 0 Å². The number of halogens is 5. The number of benzene rings is 2. The zero-order valence-electron chi connectivity index (χ0n) is 16.7. The van der Waals surface area contributed by atoms with Crippen LogP contribution in [0.1, 0.15) is 5.56 Å². The van der Waals surface area contributed by atoms with Crippen molar-refractivity contribution < 1.29 is 32.3 Å². The zero-order valence-corrected chi connectivity index (χ0v) is 19.1. The minimum Gasteiger partial charge on any atom is -0.334 e. The van der Waals surface area contributed by atoms with Gasteiger partial charge in [0.15, 0.2) is 11.2 Å². The van der Waals surface area contributed by atoms with Gasteiger partial charge in [0.05, 0.1) is 5.51 Å². The zero-order chi connectivity index (χ0) is 24.5. The summed E-state index contributed by atoms with van der Waals surface area (Å²) in [6.45, 7) is 0.0782. The number of hydrogen-bond acceptors (Lipinski definition) is 5. The minimum absolute atomic E-state index is 0.0195. The third-order valence-corrected chi connectivity index (χ3v) is 5.65. The van der Waals surface area contributed by atoms with Crippen LogP contribution in [-0.2, 0) is 11.3 Å². The normalized spacial score (nSPS) is 11.4. The van der Waals surface area contributed by atoms with Crippen molar-refractivity contribution in [1.82, 2.24) is 15.3 Å². The fourth-order valence-corrected chi connectivity index (χ4v) is 3.85. The Labute approximate surface area is 203 Å². The first kappa shape index (κ1) is 23.8. The van der Waals surface area contributed by atoms with Gasteiger partial charge in [-0.15, -0.1) is 11.3 Å². The molecule has 0 atom stereocenters. The van der Waals surface area contributed by atoms with Gasteiger partial charge in [-0.1, -0.05) is 23.2 Å². The summed E-state index contributed by atoms with van der Waals surface area (Å²) in [4.78, 5) is 35.4. The van der Waals surface area contributed by atoms with E-state index in [0.717, 1.165) is 0 Å². The number of urea groups is 1. The van der Waals surface area contributed by atoms with Crippen LogP contribution in [0.15, 0.2) is 47.3 Å². The van der Waals surface area contributed by atoms with Gasteiger partial charge < -0.3 is 10.6 Å². The molecule has 0 spiro atoms. The second-order valence-corrected chi connectivity index (χ2v) is 8.36. The van der Waals surface area contributed by atoms with E-state index in [1.165, 1.54) is 35.0 Å². The molecule has 2 heterocycles. The lowest BCUT2D eigenvalue weighted by Gasteiger charge is -2.09. The quantitative estimate of drug-likeness (QED) is 0.325. The van der Waals surface area contributed by atoms with Crippen LogP contribution in [0.2, 0.25) is 10.0 Å². The smallest absolute Gasteiger partial charge is 0.334 e. The van der Waals surface area contributed by atoms with E-state index in [2.05, 4.69) is 25.4 Å². The third-order valence-electron chi connectivity index (χ3n) is 4.46. The van der Waals surface area contributed by atoms with E-state index in [0.29, 0.717) is 25.9 Å². The van der Waals surface area contributed by atoms with Crippen LogP contribution < -0.4 is 20.2 Å². The summed E-state index contributed by atoms with van der Waals surface area (Å²) in [5, 5.41) is 7.61. The number of hydrogen-bond donors (Lipinski definition) is 3. The maximum absolute atomic E-state index is 12.9. The number of fused-ring (bicyclic) bond motifs is 1. The minimum atomic E-state index is -5.21. The second kappa shape index (κ2) is 9.49. The first-order valence-corrected chi connectivity index (χ1v) is 11.1. The summed E-state index contributed by atoms with van der Waals surface area (Å²) >= 11 is 13.2. The highest BCUT2D eigenvalue weighted by atomic mass is 35.5. The molecule has 0 aliphatic heterocycles. The number of thiazole rings is 1. The lowest BCUT2D eigenvalue weighted by Crippen LogP contribution is -2.51. The van der Waals surface area contributed by atoms with Crippen molar-refractivity contribution >= 4 is 63.3 Å². The maximum atomic E-state index is 12.9. The van der Waals surface area contributed by atoms with Crippen molar-refractivity contribution in [3.63, 3.8) is 0 Å². The third kappa shape index (κ3) is 5.24. The summed E-state index contributed by atoms with van der Waals surface area (Å²) in [5.41, 5.74) is 2.96. The molecule has 0 unspecified atom stereocenters. The molecule has 0 aliphatic rings. The number of amides is 2. The molecule has 2 aromatic heterocycles. The Hall–Kier alpha value is -3.35. The number of nitrogens with zero attached hydrogens (tertiary/aromatic N) is 2. The molecular formula is C20H13Cl2F3N5O3S+. The number of carbonyl (C=O) groups excluding carboxylic acids is 2. The molecule has 0 bridgehead atoms. The summed E-state index contributed by atoms with van der Waals surface area (Å²) in [6.07, 6.45) is -5.21. The fourth-order valence-electron chi connectivity index (χ4n) is 2.94. The number of nitrogens with one attached hydrogen (secondary N) is 3. The number of H-pyrrole nitrogens is 1. The largest absolute Gasteiger partial charge is 0.495 e. The highest BCUT2D eigenvalue weighted by Gasteiger charge is 2.44. The van der Waals surface area contributed by atoms with E-state index >= 15 is 0 Å². The predicted octanol–water partition coefficient (Wildman–Crippen LogP) is 4.72. The van der Waals surface area contributed by atoms with E-state index < -0.39 is 18.2 Å². The molecule has 14 heteroatoms. The van der Waals surface area contributed by atoms with E-state index in [-0.39, 0.29) is 29.3 Å². The standard InChI is InChI=1S/C20H12Cl2F3N5O3S/c21-11-1-3-13(22)10(5-11)7-26-19(32)28-12-2-4-14-16(6-12)30(33-18(31)20(23,24)25)17(29-14)15-8-34-9-27-15/h1-6,8-9H,7H2,(H2,26,28,32)/p+1. The van der Waals surface area contributed by atoms with Crippen molar-refractivity contribution in [2.24, 2.45) is 0 Å². The molecule has 4 rings (SSSR count). The molecule has 0 saturated heterocycles. The number of aromatic amines is 1. The molecule has 4 aromatic rings. The van der Waals surface area contributed by atoms with Gasteiger partial charge in [-0.2, -0.15) is 13.2 Å². The van der Waals surface area contributed by atoms with Crippen LogP contribution >= 0.6 is 34.5 Å². The number of carbonyl (C=O) groups is 2. The highest BCUT2D eigenvalue weighted by Crippen LogP contribution is 2.23. The van der Waals surface area contributed by atoms with Gasteiger partial charge in [0.25, 0.3) is 0 Å². The van der Waals surface area contributed by atoms with Crippen molar-refractivity contribution in [2.45, 2.75) is 12.7 Å². The Balaban J connectivity index is 1.59. The molecule has 176 valence electrons. The molecular weight excluding hydrogens is 518 g/mol. The topological polar surface area (TPSA) is 100.0 Å². The van der Waals surface area contributed by atoms with E-state index in [1.54, 1.807) is 23.6 Å². The number of anilines is 1. The molecule has 34 heavy (non-hydrogen) atoms. The molecule has 0 saturated carbocycles. The van der Waals surface area contributed by atoms with Gasteiger partial charge in [0.1, 0.15) is 0 Å². The van der Waals surface area contributed by atoms with E-state index in [1.807, 2.05) is 0 Å². The number of rotatable bonds is 5. The highest BCUT2D eigenvalue weighted by molar-refractivity contribution is 7.07. The van der Waals surface area contributed by atoms with Gasteiger partial charge in [0.2, 0.25) is 5.52 Å². The van der Waals surface area contributed by atoms with Crippen LogP contribution in [0.25, 0.3) is 22.6 Å². The Morgan fingerprint density at radius 3 is 2.68 bits per heavy atom. The van der Waals surface area contributed by atoms with Gasteiger partial charge >= 0.3 is 24.0 Å². The Kier molecular flexibility index (Phi) is 6.64. The Morgan fingerprint density at radius 1 is 1.18 bits per heavy atom. The van der Waals surface area contributed by atoms with Crippen molar-refractivity contribution in [3.05, 3.63) is 62.9 Å². The monoisotopic (exact) mass is 530 g/mol. The van der Waals surface area contributed by atoms with Crippen molar-refractivity contribution in [2.75, 3.05) is 5.32 Å². The van der Waals surface area contributed by atoms with Crippen LogP contribution in [0.5, 0.6) is 0 Å². The number of alkyl halides is 3.